The molecule has 0 aliphatic carbocycles. The van der Waals surface area contributed by atoms with E-state index in [1.165, 1.54) is 12.3 Å². The molecule has 2 heterocycles. The van der Waals surface area contributed by atoms with Crippen molar-refractivity contribution in [2.75, 3.05) is 35.8 Å². The number of anilines is 2. The van der Waals surface area contributed by atoms with Crippen molar-refractivity contribution < 1.29 is 22.0 Å². The molecule has 1 aromatic carbocycles. The molecule has 1 aliphatic rings. The first-order valence-corrected chi connectivity index (χ1v) is 10.7. The number of rotatable bonds is 5. The smallest absolute Gasteiger partial charge is 0.263 e. The van der Waals surface area contributed by atoms with Crippen LogP contribution in [0.15, 0.2) is 41.4 Å². The van der Waals surface area contributed by atoms with Crippen LogP contribution in [0, 0.1) is 11.6 Å². The fourth-order valence-electron chi connectivity index (χ4n) is 3.16. The summed E-state index contributed by atoms with van der Waals surface area (Å²) in [6.07, 6.45) is 2.46. The monoisotopic (exact) mass is 424 g/mol. The molecule has 1 saturated heterocycles. The van der Waals surface area contributed by atoms with Gasteiger partial charge in [-0.1, -0.05) is 6.92 Å². The van der Waals surface area contributed by atoms with Gasteiger partial charge in [0, 0.05) is 44.9 Å². The lowest BCUT2D eigenvalue weighted by atomic mass is 10.3. The number of carbonyl (C=O) groups excluding carboxylic acids is 1. The third-order valence-corrected chi connectivity index (χ3v) is 5.99. The standard InChI is InChI=1S/C19H22F2N4O3S/c1-2-19(26)25-7-3-6-24(8-9-25)18-5-4-17(13-22-18)29(27,28)23-16-11-14(20)10-15(21)12-16/h4-5,10-13,23H,2-3,6-9H2,1H3. The minimum absolute atomic E-state index is 0.112. The Kier molecular flexibility index (Phi) is 6.31. The second-order valence-electron chi connectivity index (χ2n) is 6.69. The highest BCUT2D eigenvalue weighted by atomic mass is 32.2. The number of amides is 1. The van der Waals surface area contributed by atoms with Crippen LogP contribution in [0.1, 0.15) is 19.8 Å². The number of halogens is 2. The number of hydrogen-bond acceptors (Lipinski definition) is 5. The van der Waals surface area contributed by atoms with Gasteiger partial charge < -0.3 is 9.80 Å². The van der Waals surface area contributed by atoms with Gasteiger partial charge in [0.1, 0.15) is 22.3 Å². The molecule has 0 bridgehead atoms. The molecule has 10 heteroatoms. The average molecular weight is 424 g/mol. The Bertz CT molecular complexity index is 963. The zero-order valence-electron chi connectivity index (χ0n) is 15.9. The van der Waals surface area contributed by atoms with Crippen molar-refractivity contribution in [3.63, 3.8) is 0 Å². The van der Waals surface area contributed by atoms with E-state index in [1.54, 1.807) is 6.07 Å². The highest BCUT2D eigenvalue weighted by Gasteiger charge is 2.20. The van der Waals surface area contributed by atoms with Crippen LogP contribution in [0.3, 0.4) is 0 Å². The van der Waals surface area contributed by atoms with Gasteiger partial charge in [0.25, 0.3) is 10.0 Å². The predicted molar refractivity (Wildman–Crippen MR) is 105 cm³/mol. The van der Waals surface area contributed by atoms with E-state index in [0.717, 1.165) is 18.6 Å². The van der Waals surface area contributed by atoms with Gasteiger partial charge in [0.2, 0.25) is 5.91 Å². The van der Waals surface area contributed by atoms with E-state index in [9.17, 15) is 22.0 Å². The summed E-state index contributed by atoms with van der Waals surface area (Å²) in [5.74, 6) is -1.05. The van der Waals surface area contributed by atoms with Crippen LogP contribution >= 0.6 is 0 Å². The van der Waals surface area contributed by atoms with Crippen LogP contribution in [0.5, 0.6) is 0 Å². The van der Waals surface area contributed by atoms with Gasteiger partial charge in [0.05, 0.1) is 5.69 Å². The van der Waals surface area contributed by atoms with Crippen molar-refractivity contribution in [2.24, 2.45) is 0 Å². The highest BCUT2D eigenvalue weighted by Crippen LogP contribution is 2.20. The molecule has 1 aliphatic heterocycles. The molecule has 156 valence electrons. The van der Waals surface area contributed by atoms with Crippen molar-refractivity contribution >= 4 is 27.4 Å². The summed E-state index contributed by atoms with van der Waals surface area (Å²) in [5, 5.41) is 0. The lowest BCUT2D eigenvalue weighted by Gasteiger charge is -2.22. The first kappa shape index (κ1) is 21.0. The normalized spacial score (nSPS) is 15.1. The largest absolute Gasteiger partial charge is 0.355 e. The van der Waals surface area contributed by atoms with Gasteiger partial charge in [-0.15, -0.1) is 0 Å². The number of carbonyl (C=O) groups is 1. The Labute approximate surface area is 168 Å². The van der Waals surface area contributed by atoms with Crippen LogP contribution in [0.25, 0.3) is 0 Å². The summed E-state index contributed by atoms with van der Waals surface area (Å²) in [6.45, 7) is 4.40. The van der Waals surface area contributed by atoms with E-state index in [-0.39, 0.29) is 16.5 Å². The Morgan fingerprint density at radius 3 is 2.45 bits per heavy atom. The second kappa shape index (κ2) is 8.73. The number of hydrogen-bond donors (Lipinski definition) is 1. The maximum Gasteiger partial charge on any atom is 0.263 e. The van der Waals surface area contributed by atoms with E-state index >= 15 is 0 Å². The topological polar surface area (TPSA) is 82.6 Å². The molecule has 1 N–H and O–H groups in total. The van der Waals surface area contributed by atoms with Crippen LogP contribution in [0.4, 0.5) is 20.3 Å². The molecule has 3 rings (SSSR count). The van der Waals surface area contributed by atoms with Crippen molar-refractivity contribution in [3.8, 4) is 0 Å². The SMILES string of the molecule is CCC(=O)N1CCCN(c2ccc(S(=O)(=O)Nc3cc(F)cc(F)c3)cn2)CC1. The molecule has 7 nitrogen and oxygen atoms in total. The molecular weight excluding hydrogens is 402 g/mol. The zero-order chi connectivity index (χ0) is 21.0. The third kappa shape index (κ3) is 5.20. The van der Waals surface area contributed by atoms with Crippen LogP contribution in [-0.2, 0) is 14.8 Å². The molecule has 29 heavy (non-hydrogen) atoms. The molecule has 0 spiro atoms. The van der Waals surface area contributed by atoms with E-state index in [1.807, 2.05) is 16.7 Å². The molecule has 1 aromatic heterocycles. The lowest BCUT2D eigenvalue weighted by molar-refractivity contribution is -0.130. The number of aromatic nitrogens is 1. The molecule has 0 radical (unpaired) electrons. The van der Waals surface area contributed by atoms with Crippen LogP contribution in [0.2, 0.25) is 0 Å². The van der Waals surface area contributed by atoms with Crippen molar-refractivity contribution in [1.82, 2.24) is 9.88 Å². The minimum Gasteiger partial charge on any atom is -0.355 e. The van der Waals surface area contributed by atoms with Gasteiger partial charge in [-0.3, -0.25) is 9.52 Å². The van der Waals surface area contributed by atoms with Gasteiger partial charge in [-0.25, -0.2) is 22.2 Å². The maximum absolute atomic E-state index is 13.3. The van der Waals surface area contributed by atoms with Crippen molar-refractivity contribution in [1.29, 1.82) is 0 Å². The first-order valence-electron chi connectivity index (χ1n) is 9.26. The van der Waals surface area contributed by atoms with Gasteiger partial charge in [-0.05, 0) is 30.7 Å². The van der Waals surface area contributed by atoms with Gasteiger partial charge in [-0.2, -0.15) is 0 Å². The average Bonchev–Trinajstić information content (AvgIpc) is 2.92. The third-order valence-electron chi connectivity index (χ3n) is 4.62. The van der Waals surface area contributed by atoms with Crippen molar-refractivity contribution in [2.45, 2.75) is 24.7 Å². The number of sulfonamides is 1. The molecule has 0 saturated carbocycles. The molecule has 1 amide bonds. The molecule has 1 fully saturated rings. The fraction of sp³-hybridized carbons (Fsp3) is 0.368. The van der Waals surface area contributed by atoms with Gasteiger partial charge in [0.15, 0.2) is 0 Å². The van der Waals surface area contributed by atoms with Crippen molar-refractivity contribution in [3.05, 3.63) is 48.2 Å². The zero-order valence-corrected chi connectivity index (χ0v) is 16.8. The summed E-state index contributed by atoms with van der Waals surface area (Å²) in [5.41, 5.74) is -0.209. The van der Waals surface area contributed by atoms with E-state index in [0.29, 0.717) is 44.5 Å². The Morgan fingerprint density at radius 1 is 1.10 bits per heavy atom. The van der Waals surface area contributed by atoms with Crippen LogP contribution < -0.4 is 9.62 Å². The fourth-order valence-corrected chi connectivity index (χ4v) is 4.15. The summed E-state index contributed by atoms with van der Waals surface area (Å²) >= 11 is 0. The van der Waals surface area contributed by atoms with E-state index < -0.39 is 21.7 Å². The first-order chi connectivity index (χ1) is 13.8. The molecular formula is C19H22F2N4O3S. The number of pyridine rings is 1. The second-order valence-corrected chi connectivity index (χ2v) is 8.37. The Balaban J connectivity index is 1.71. The lowest BCUT2D eigenvalue weighted by Crippen LogP contribution is -2.34. The van der Waals surface area contributed by atoms with Gasteiger partial charge >= 0.3 is 0 Å². The number of benzene rings is 1. The summed E-state index contributed by atoms with van der Waals surface area (Å²) < 4.78 is 53.6. The Morgan fingerprint density at radius 2 is 1.83 bits per heavy atom. The Hall–Kier alpha value is -2.75. The van der Waals surface area contributed by atoms with E-state index in [4.69, 9.17) is 0 Å². The molecule has 2 aromatic rings. The summed E-state index contributed by atoms with van der Waals surface area (Å²) in [6, 6.07) is 5.41. The summed E-state index contributed by atoms with van der Waals surface area (Å²) in [7, 11) is -4.04. The predicted octanol–water partition coefficient (Wildman–Crippen LogP) is 2.61. The number of nitrogens with zero attached hydrogens (tertiary/aromatic N) is 3. The van der Waals surface area contributed by atoms with E-state index in [2.05, 4.69) is 9.71 Å². The maximum atomic E-state index is 13.3. The quantitative estimate of drug-likeness (QED) is 0.798. The molecule has 0 unspecified atom stereocenters. The number of nitrogens with one attached hydrogen (secondary N) is 1. The van der Waals surface area contributed by atoms with Crippen LogP contribution in [-0.4, -0.2) is 50.4 Å². The highest BCUT2D eigenvalue weighted by molar-refractivity contribution is 7.92. The summed E-state index contributed by atoms with van der Waals surface area (Å²) in [4.78, 5) is 19.8. The minimum atomic E-state index is -4.04. The molecule has 0 atom stereocenters.